The van der Waals surface area contributed by atoms with Gasteiger partial charge in [-0.1, -0.05) is 17.7 Å². The van der Waals surface area contributed by atoms with Crippen LogP contribution in [0.4, 0.5) is 0 Å². The van der Waals surface area contributed by atoms with Crippen molar-refractivity contribution in [3.63, 3.8) is 0 Å². The quantitative estimate of drug-likeness (QED) is 0.616. The summed E-state index contributed by atoms with van der Waals surface area (Å²) in [6.07, 6.45) is 10.2. The van der Waals surface area contributed by atoms with Crippen molar-refractivity contribution in [2.24, 2.45) is 5.92 Å². The Morgan fingerprint density at radius 3 is 2.93 bits per heavy atom. The van der Waals surface area contributed by atoms with Crippen molar-refractivity contribution in [1.29, 1.82) is 5.26 Å². The first-order valence-corrected chi connectivity index (χ1v) is 5.45. The molecule has 0 bridgehead atoms. The molecule has 1 aliphatic carbocycles. The molecule has 0 spiro atoms. The third kappa shape index (κ3) is 3.79. The van der Waals surface area contributed by atoms with E-state index in [1.807, 2.05) is 0 Å². The Morgan fingerprint density at radius 1 is 1.64 bits per heavy atom. The molecule has 0 aromatic heterocycles. The van der Waals surface area contributed by atoms with E-state index >= 15 is 0 Å². The summed E-state index contributed by atoms with van der Waals surface area (Å²) < 4.78 is 0. The van der Waals surface area contributed by atoms with Gasteiger partial charge in [-0.2, -0.15) is 5.26 Å². The zero-order valence-electron chi connectivity index (χ0n) is 9.21. The molecule has 1 unspecified atom stereocenters. The van der Waals surface area contributed by atoms with Gasteiger partial charge in [0.1, 0.15) is 0 Å². The summed E-state index contributed by atoms with van der Waals surface area (Å²) in [5.41, 5.74) is 2.40. The standard InChI is InChI=1S/C13H19N/c1-11(2)4-3-5-12-6-8-13(10-14)9-7-12/h4,8,12H,3,5-7,9H2,1-2H3. The summed E-state index contributed by atoms with van der Waals surface area (Å²) in [5.74, 6) is 0.808. The molecule has 1 aliphatic rings. The second kappa shape index (κ2) is 5.65. The highest BCUT2D eigenvalue weighted by atomic mass is 14.3. The molecule has 14 heavy (non-hydrogen) atoms. The fourth-order valence-electron chi connectivity index (χ4n) is 1.86. The second-order valence-electron chi connectivity index (χ2n) is 4.34. The summed E-state index contributed by atoms with van der Waals surface area (Å²) in [7, 11) is 0. The van der Waals surface area contributed by atoms with Crippen molar-refractivity contribution in [3.8, 4) is 6.07 Å². The Bertz CT molecular complexity index is 274. The van der Waals surface area contributed by atoms with Crippen LogP contribution in [0.15, 0.2) is 23.3 Å². The largest absolute Gasteiger partial charge is 0.193 e. The van der Waals surface area contributed by atoms with Crippen LogP contribution in [0, 0.1) is 17.2 Å². The van der Waals surface area contributed by atoms with Crippen molar-refractivity contribution in [1.82, 2.24) is 0 Å². The Kier molecular flexibility index (Phi) is 4.46. The first-order chi connectivity index (χ1) is 6.72. The summed E-state index contributed by atoms with van der Waals surface area (Å²) in [6.45, 7) is 4.29. The Morgan fingerprint density at radius 2 is 2.43 bits per heavy atom. The number of hydrogen-bond acceptors (Lipinski definition) is 1. The minimum Gasteiger partial charge on any atom is -0.193 e. The smallest absolute Gasteiger partial charge is 0.0943 e. The maximum Gasteiger partial charge on any atom is 0.0943 e. The monoisotopic (exact) mass is 189 g/mol. The maximum atomic E-state index is 8.70. The van der Waals surface area contributed by atoms with Crippen molar-refractivity contribution in [2.45, 2.75) is 46.0 Å². The first kappa shape index (κ1) is 11.0. The SMILES string of the molecule is CC(C)=CCCC1CC=C(C#N)CC1. The van der Waals surface area contributed by atoms with E-state index < -0.39 is 0 Å². The molecule has 0 aliphatic heterocycles. The molecule has 0 radical (unpaired) electrons. The molecule has 0 aromatic rings. The normalized spacial score (nSPS) is 20.9. The number of hydrogen-bond donors (Lipinski definition) is 0. The van der Waals surface area contributed by atoms with Gasteiger partial charge in [-0.3, -0.25) is 0 Å². The van der Waals surface area contributed by atoms with E-state index in [9.17, 15) is 0 Å². The van der Waals surface area contributed by atoms with Crippen LogP contribution in [0.3, 0.4) is 0 Å². The van der Waals surface area contributed by atoms with Gasteiger partial charge in [0.2, 0.25) is 0 Å². The van der Waals surface area contributed by atoms with E-state index in [4.69, 9.17) is 5.26 Å². The number of allylic oxidation sites excluding steroid dienone is 4. The Hall–Kier alpha value is -1.03. The van der Waals surface area contributed by atoms with Gasteiger partial charge >= 0.3 is 0 Å². The number of nitriles is 1. The van der Waals surface area contributed by atoms with Gasteiger partial charge in [0, 0.05) is 5.57 Å². The van der Waals surface area contributed by atoms with E-state index in [0.717, 1.165) is 24.3 Å². The Balaban J connectivity index is 2.27. The van der Waals surface area contributed by atoms with E-state index in [1.54, 1.807) is 0 Å². The lowest BCUT2D eigenvalue weighted by Gasteiger charge is -2.18. The Labute approximate surface area is 87.1 Å². The molecule has 0 amide bonds. The highest BCUT2D eigenvalue weighted by Crippen LogP contribution is 2.26. The molecule has 76 valence electrons. The first-order valence-electron chi connectivity index (χ1n) is 5.45. The highest BCUT2D eigenvalue weighted by Gasteiger charge is 2.12. The van der Waals surface area contributed by atoms with Crippen LogP contribution in [0.5, 0.6) is 0 Å². The predicted octanol–water partition coefficient (Wildman–Crippen LogP) is 3.98. The van der Waals surface area contributed by atoms with Gasteiger partial charge in [0.25, 0.3) is 0 Å². The highest BCUT2D eigenvalue weighted by molar-refractivity contribution is 5.22. The summed E-state index contributed by atoms with van der Waals surface area (Å²) in [4.78, 5) is 0. The average molecular weight is 189 g/mol. The average Bonchev–Trinajstić information content (AvgIpc) is 2.18. The topological polar surface area (TPSA) is 23.8 Å². The van der Waals surface area contributed by atoms with E-state index in [1.165, 1.54) is 24.8 Å². The third-order valence-corrected chi connectivity index (χ3v) is 2.79. The van der Waals surface area contributed by atoms with Crippen LogP contribution in [0.1, 0.15) is 46.0 Å². The van der Waals surface area contributed by atoms with Crippen molar-refractivity contribution in [2.75, 3.05) is 0 Å². The lowest BCUT2D eigenvalue weighted by molar-refractivity contribution is 0.444. The van der Waals surface area contributed by atoms with Gasteiger partial charge in [0.15, 0.2) is 0 Å². The predicted molar refractivity (Wildman–Crippen MR) is 59.7 cm³/mol. The zero-order chi connectivity index (χ0) is 10.4. The van der Waals surface area contributed by atoms with Crippen LogP contribution in [-0.2, 0) is 0 Å². The van der Waals surface area contributed by atoms with Gasteiger partial charge < -0.3 is 0 Å². The molecular weight excluding hydrogens is 170 g/mol. The van der Waals surface area contributed by atoms with Gasteiger partial charge in [-0.25, -0.2) is 0 Å². The molecular formula is C13H19N. The van der Waals surface area contributed by atoms with E-state index in [0.29, 0.717) is 0 Å². The number of nitrogens with zero attached hydrogens (tertiary/aromatic N) is 1. The van der Waals surface area contributed by atoms with Gasteiger partial charge in [0.05, 0.1) is 6.07 Å². The molecule has 1 atom stereocenters. The summed E-state index contributed by atoms with van der Waals surface area (Å²) in [6, 6.07) is 2.25. The zero-order valence-corrected chi connectivity index (χ0v) is 9.21. The fourth-order valence-corrected chi connectivity index (χ4v) is 1.86. The lowest BCUT2D eigenvalue weighted by Crippen LogP contribution is -2.04. The molecule has 0 fully saturated rings. The van der Waals surface area contributed by atoms with E-state index in [2.05, 4.69) is 32.1 Å². The molecule has 1 nitrogen and oxygen atoms in total. The lowest BCUT2D eigenvalue weighted by atomic mass is 9.87. The minimum atomic E-state index is 0.808. The van der Waals surface area contributed by atoms with Gasteiger partial charge in [-0.15, -0.1) is 0 Å². The maximum absolute atomic E-state index is 8.70. The van der Waals surface area contributed by atoms with Gasteiger partial charge in [-0.05, 0) is 51.9 Å². The van der Waals surface area contributed by atoms with Crippen molar-refractivity contribution >= 4 is 0 Å². The summed E-state index contributed by atoms with van der Waals surface area (Å²) in [5, 5.41) is 8.70. The molecule has 0 heterocycles. The van der Waals surface area contributed by atoms with Crippen LogP contribution in [-0.4, -0.2) is 0 Å². The third-order valence-electron chi connectivity index (χ3n) is 2.79. The van der Waals surface area contributed by atoms with Crippen molar-refractivity contribution in [3.05, 3.63) is 23.3 Å². The fraction of sp³-hybridized carbons (Fsp3) is 0.615. The molecule has 1 heteroatoms. The van der Waals surface area contributed by atoms with Crippen LogP contribution >= 0.6 is 0 Å². The minimum absolute atomic E-state index is 0.808. The van der Waals surface area contributed by atoms with Crippen molar-refractivity contribution < 1.29 is 0 Å². The second-order valence-corrected chi connectivity index (χ2v) is 4.34. The molecule has 0 N–H and O–H groups in total. The summed E-state index contributed by atoms with van der Waals surface area (Å²) >= 11 is 0. The number of rotatable bonds is 3. The van der Waals surface area contributed by atoms with Crippen LogP contribution in [0.2, 0.25) is 0 Å². The molecule has 0 saturated heterocycles. The molecule has 1 rings (SSSR count). The molecule has 0 aromatic carbocycles. The van der Waals surface area contributed by atoms with Crippen LogP contribution in [0.25, 0.3) is 0 Å². The van der Waals surface area contributed by atoms with E-state index in [-0.39, 0.29) is 0 Å². The van der Waals surface area contributed by atoms with Crippen LogP contribution < -0.4 is 0 Å². The molecule has 0 saturated carbocycles.